The highest BCUT2D eigenvalue weighted by Gasteiger charge is 2.22. The van der Waals surface area contributed by atoms with Gasteiger partial charge in [-0.05, 0) is 47.5 Å². The Hall–Kier alpha value is -7.28. The van der Waals surface area contributed by atoms with Crippen molar-refractivity contribution in [3.8, 4) is 26.6 Å². The molecule has 0 aliphatic carbocycles. The third-order valence-electron chi connectivity index (χ3n) is 9.44. The summed E-state index contributed by atoms with van der Waals surface area (Å²) in [6.45, 7) is 7.15. The standard InChI is InChI=1S/C19H19N5OS.C16H11N3O4S.C9H13N3/c25-19(22-18-21-14-16(26-18)15-6-2-1-3-7-15)24-12-10-23(11-13-24)17-8-4-5-9-20-17;20-16(23-13-8-6-12(7-9-13)19(21)22)18-15-17-10-14(24-15)11-4-2-1-3-5-11;1-2-4-11-9(3-1)12-7-5-10-6-8-12/h1-9,14H,10-13H2,(H,21,22,25);1-10H,(H,17,18,20);1-4,10H,5-8H2. The van der Waals surface area contributed by atoms with E-state index in [9.17, 15) is 19.7 Å². The number of anilines is 4. The average Bonchev–Trinajstić information content (AvgIpc) is 4.01. The van der Waals surface area contributed by atoms with E-state index in [1.165, 1.54) is 46.9 Å². The number of carbonyl (C=O) groups is 2. The van der Waals surface area contributed by atoms with E-state index in [0.717, 1.165) is 71.8 Å². The number of aromatic nitrogens is 4. The van der Waals surface area contributed by atoms with E-state index < -0.39 is 11.0 Å². The number of pyridine rings is 2. The van der Waals surface area contributed by atoms with Gasteiger partial charge in [-0.15, -0.1) is 0 Å². The third kappa shape index (κ3) is 12.4. The maximum absolute atomic E-state index is 12.5. The summed E-state index contributed by atoms with van der Waals surface area (Å²) in [5.41, 5.74) is 2.04. The van der Waals surface area contributed by atoms with Crippen molar-refractivity contribution in [1.29, 1.82) is 0 Å². The van der Waals surface area contributed by atoms with Gasteiger partial charge in [0.05, 0.1) is 14.7 Å². The molecule has 62 heavy (non-hydrogen) atoms. The Labute approximate surface area is 366 Å². The molecule has 4 aromatic heterocycles. The van der Waals surface area contributed by atoms with Crippen LogP contribution in [-0.4, -0.2) is 94.2 Å². The normalized spacial score (nSPS) is 13.4. The number of rotatable bonds is 8. The largest absolute Gasteiger partial charge is 0.418 e. The van der Waals surface area contributed by atoms with Gasteiger partial charge in [-0.1, -0.05) is 95.5 Å². The predicted octanol–water partition coefficient (Wildman–Crippen LogP) is 8.38. The Kier molecular flexibility index (Phi) is 15.1. The Morgan fingerprint density at radius 2 is 1.11 bits per heavy atom. The van der Waals surface area contributed by atoms with Crippen LogP contribution in [-0.2, 0) is 0 Å². The van der Waals surface area contributed by atoms with E-state index in [2.05, 4.69) is 51.8 Å². The molecule has 3 amide bonds. The number of hydrogen-bond acceptors (Lipinski definition) is 14. The van der Waals surface area contributed by atoms with Crippen molar-refractivity contribution in [2.24, 2.45) is 0 Å². The number of hydrogen-bond donors (Lipinski definition) is 3. The maximum Gasteiger partial charge on any atom is 0.418 e. The second-order valence-corrected chi connectivity index (χ2v) is 15.6. The van der Waals surface area contributed by atoms with Crippen LogP contribution in [0.3, 0.4) is 0 Å². The number of thiazole rings is 2. The van der Waals surface area contributed by atoms with Crippen LogP contribution in [0.5, 0.6) is 5.75 Å². The number of non-ortho nitro benzene ring substituents is 1. The lowest BCUT2D eigenvalue weighted by atomic mass is 10.2. The van der Waals surface area contributed by atoms with Gasteiger partial charge in [-0.25, -0.2) is 29.5 Å². The molecule has 0 bridgehead atoms. The van der Waals surface area contributed by atoms with Crippen LogP contribution in [0.2, 0.25) is 0 Å². The molecule has 2 aliphatic heterocycles. The van der Waals surface area contributed by atoms with Crippen LogP contribution in [0.1, 0.15) is 0 Å². The summed E-state index contributed by atoms with van der Waals surface area (Å²) < 4.78 is 5.06. The molecule has 0 saturated carbocycles. The monoisotopic (exact) mass is 869 g/mol. The Balaban J connectivity index is 0.000000149. The molecular formula is C44H43N11O5S2. The first kappa shape index (κ1) is 42.8. The fraction of sp³-hybridized carbons (Fsp3) is 0.182. The highest BCUT2D eigenvalue weighted by Crippen LogP contribution is 2.30. The summed E-state index contributed by atoms with van der Waals surface area (Å²) in [5, 5.41) is 20.4. The van der Waals surface area contributed by atoms with Crippen molar-refractivity contribution in [1.82, 2.24) is 30.2 Å². The molecule has 6 heterocycles. The second kappa shape index (κ2) is 21.8. The SMILES string of the molecule is O=C(Nc1ncc(-c2ccccc2)s1)N1CCN(c2ccccn2)CC1.O=C(Nc1ncc(-c2ccccc2)s1)Oc1ccc([N+](=O)[O-])cc1.c1ccc(N2CCNCC2)nc1. The molecule has 16 nitrogen and oxygen atoms in total. The van der Waals surface area contributed by atoms with E-state index in [4.69, 9.17) is 4.74 Å². The van der Waals surface area contributed by atoms with Gasteiger partial charge in [0.25, 0.3) is 5.69 Å². The molecule has 7 aromatic rings. The molecule has 0 radical (unpaired) electrons. The topological polar surface area (TPSA) is 184 Å². The number of nitro benzene ring substituents is 1. The molecule has 2 saturated heterocycles. The van der Waals surface area contributed by atoms with Gasteiger partial charge in [0.1, 0.15) is 17.4 Å². The van der Waals surface area contributed by atoms with Crippen LogP contribution in [0.4, 0.5) is 37.2 Å². The van der Waals surface area contributed by atoms with Crippen molar-refractivity contribution < 1.29 is 19.2 Å². The molecule has 0 unspecified atom stereocenters. The van der Waals surface area contributed by atoms with Gasteiger partial charge >= 0.3 is 12.1 Å². The fourth-order valence-electron chi connectivity index (χ4n) is 6.28. The highest BCUT2D eigenvalue weighted by atomic mass is 32.1. The van der Waals surface area contributed by atoms with Crippen molar-refractivity contribution in [3.05, 3.63) is 156 Å². The molecule has 0 spiro atoms. The second-order valence-electron chi connectivity index (χ2n) is 13.6. The summed E-state index contributed by atoms with van der Waals surface area (Å²) in [6.07, 6.45) is 6.40. The zero-order valence-electron chi connectivity index (χ0n) is 33.4. The number of piperazine rings is 2. The molecule has 9 rings (SSSR count). The van der Waals surface area contributed by atoms with Crippen molar-refractivity contribution in [3.63, 3.8) is 0 Å². The number of benzene rings is 3. The van der Waals surface area contributed by atoms with E-state index >= 15 is 0 Å². The number of amides is 3. The first-order valence-electron chi connectivity index (χ1n) is 19.7. The number of ether oxygens (including phenoxy) is 1. The molecule has 2 aliphatic rings. The van der Waals surface area contributed by atoms with Crippen LogP contribution < -0.4 is 30.5 Å². The summed E-state index contributed by atoms with van der Waals surface area (Å²) in [4.78, 5) is 59.8. The van der Waals surface area contributed by atoms with Gasteiger partial charge in [0.2, 0.25) is 0 Å². The first-order chi connectivity index (χ1) is 30.4. The van der Waals surface area contributed by atoms with Crippen LogP contribution in [0.25, 0.3) is 20.9 Å². The summed E-state index contributed by atoms with van der Waals surface area (Å²) in [7, 11) is 0. The molecule has 3 N–H and O–H groups in total. The van der Waals surface area contributed by atoms with Crippen LogP contribution in [0.15, 0.2) is 146 Å². The minimum absolute atomic E-state index is 0.0739. The Bertz CT molecular complexity index is 2470. The Morgan fingerprint density at radius 3 is 1.61 bits per heavy atom. The number of carbonyl (C=O) groups excluding carboxylic acids is 2. The van der Waals surface area contributed by atoms with Crippen molar-refractivity contribution in [2.45, 2.75) is 0 Å². The molecule has 0 atom stereocenters. The van der Waals surface area contributed by atoms with Gasteiger partial charge in [0.15, 0.2) is 10.3 Å². The minimum atomic E-state index is -0.710. The highest BCUT2D eigenvalue weighted by molar-refractivity contribution is 7.19. The first-order valence-corrected chi connectivity index (χ1v) is 21.4. The number of urea groups is 1. The molecular weight excluding hydrogens is 827 g/mol. The molecule has 3 aromatic carbocycles. The lowest BCUT2D eigenvalue weighted by Crippen LogP contribution is -2.50. The quantitative estimate of drug-likeness (QED) is 0.0981. The van der Waals surface area contributed by atoms with Crippen LogP contribution in [0, 0.1) is 10.1 Å². The third-order valence-corrected chi connectivity index (χ3v) is 11.4. The average molecular weight is 870 g/mol. The van der Waals surface area contributed by atoms with Gasteiger partial charge in [0, 0.05) is 89.3 Å². The molecule has 2 fully saturated rings. The van der Waals surface area contributed by atoms with Gasteiger partial charge < -0.3 is 24.8 Å². The van der Waals surface area contributed by atoms with E-state index in [-0.39, 0.29) is 17.5 Å². The predicted molar refractivity (Wildman–Crippen MR) is 244 cm³/mol. The zero-order chi connectivity index (χ0) is 42.9. The van der Waals surface area contributed by atoms with E-state index in [1.807, 2.05) is 102 Å². The van der Waals surface area contributed by atoms with Gasteiger partial charge in [-0.2, -0.15) is 0 Å². The number of nitrogens with one attached hydrogen (secondary N) is 3. The fourth-order valence-corrected chi connectivity index (χ4v) is 7.89. The molecule has 18 heteroatoms. The van der Waals surface area contributed by atoms with Crippen molar-refractivity contribution >= 4 is 62.4 Å². The zero-order valence-corrected chi connectivity index (χ0v) is 35.1. The number of nitrogens with zero attached hydrogens (tertiary/aromatic N) is 8. The summed E-state index contributed by atoms with van der Waals surface area (Å²) in [6, 6.07) is 36.8. The maximum atomic E-state index is 12.5. The number of nitro groups is 1. The smallest absolute Gasteiger partial charge is 0.410 e. The van der Waals surface area contributed by atoms with E-state index in [0.29, 0.717) is 23.4 Å². The Morgan fingerprint density at radius 1 is 0.613 bits per heavy atom. The summed E-state index contributed by atoms with van der Waals surface area (Å²) in [5.74, 6) is 2.26. The van der Waals surface area contributed by atoms with E-state index in [1.54, 1.807) is 18.6 Å². The lowest BCUT2D eigenvalue weighted by Gasteiger charge is -2.35. The minimum Gasteiger partial charge on any atom is -0.410 e. The van der Waals surface area contributed by atoms with Gasteiger partial charge in [-0.3, -0.25) is 20.7 Å². The lowest BCUT2D eigenvalue weighted by molar-refractivity contribution is -0.384. The summed E-state index contributed by atoms with van der Waals surface area (Å²) >= 11 is 2.80. The van der Waals surface area contributed by atoms with Crippen LogP contribution >= 0.6 is 22.7 Å². The van der Waals surface area contributed by atoms with Crippen molar-refractivity contribution in [2.75, 3.05) is 72.8 Å². The molecule has 316 valence electrons.